The molecule has 0 radical (unpaired) electrons. The number of nitrogens with zero attached hydrogens (tertiary/aromatic N) is 1. The van der Waals surface area contributed by atoms with Crippen molar-refractivity contribution in [2.45, 2.75) is 62.4 Å². The SMILES string of the molecule is Cc1ccc(S(=O)(=O)N2C=CNC(=O)[C@H]2CC(=O)NC2CCCCC2)cc1. The highest BCUT2D eigenvalue weighted by Crippen LogP contribution is 2.23. The second kappa shape index (κ2) is 8.12. The summed E-state index contributed by atoms with van der Waals surface area (Å²) in [7, 11) is -3.93. The predicted octanol–water partition coefficient (Wildman–Crippen LogP) is 1.79. The van der Waals surface area contributed by atoms with E-state index < -0.39 is 22.0 Å². The van der Waals surface area contributed by atoms with Crippen LogP contribution >= 0.6 is 0 Å². The summed E-state index contributed by atoms with van der Waals surface area (Å²) in [6, 6.07) is 5.41. The molecule has 1 aliphatic heterocycles. The van der Waals surface area contributed by atoms with Crippen LogP contribution in [0.2, 0.25) is 0 Å². The molecule has 1 saturated carbocycles. The summed E-state index contributed by atoms with van der Waals surface area (Å²) in [6.07, 6.45) is 7.54. The van der Waals surface area contributed by atoms with Crippen LogP contribution in [0.3, 0.4) is 0 Å². The number of aryl methyl sites for hydroxylation is 1. The summed E-state index contributed by atoms with van der Waals surface area (Å²) >= 11 is 0. The van der Waals surface area contributed by atoms with Crippen molar-refractivity contribution >= 4 is 21.8 Å². The van der Waals surface area contributed by atoms with Crippen molar-refractivity contribution in [3.05, 3.63) is 42.2 Å². The van der Waals surface area contributed by atoms with Crippen molar-refractivity contribution < 1.29 is 18.0 Å². The van der Waals surface area contributed by atoms with Crippen LogP contribution in [0.25, 0.3) is 0 Å². The normalized spacial score (nSPS) is 21.0. The molecule has 0 saturated heterocycles. The highest BCUT2D eigenvalue weighted by atomic mass is 32.2. The molecule has 1 heterocycles. The van der Waals surface area contributed by atoms with E-state index in [-0.39, 0.29) is 23.3 Å². The lowest BCUT2D eigenvalue weighted by Crippen LogP contribution is -2.51. The van der Waals surface area contributed by atoms with E-state index in [9.17, 15) is 18.0 Å². The van der Waals surface area contributed by atoms with Crippen LogP contribution in [0.1, 0.15) is 44.1 Å². The average Bonchev–Trinajstić information content (AvgIpc) is 2.64. The highest BCUT2D eigenvalue weighted by Gasteiger charge is 2.37. The summed E-state index contributed by atoms with van der Waals surface area (Å²) in [5, 5.41) is 5.44. The average molecular weight is 391 g/mol. The predicted molar refractivity (Wildman–Crippen MR) is 101 cm³/mol. The van der Waals surface area contributed by atoms with E-state index in [1.54, 1.807) is 12.1 Å². The molecule has 3 rings (SSSR count). The maximum atomic E-state index is 13.0. The molecular formula is C19H25N3O4S. The van der Waals surface area contributed by atoms with E-state index >= 15 is 0 Å². The molecular weight excluding hydrogens is 366 g/mol. The van der Waals surface area contributed by atoms with Crippen LogP contribution in [0.5, 0.6) is 0 Å². The van der Waals surface area contributed by atoms with E-state index in [0.717, 1.165) is 35.6 Å². The summed E-state index contributed by atoms with van der Waals surface area (Å²) < 4.78 is 27.0. The Kier molecular flexibility index (Phi) is 5.84. The van der Waals surface area contributed by atoms with Crippen molar-refractivity contribution in [2.75, 3.05) is 0 Å². The van der Waals surface area contributed by atoms with Gasteiger partial charge in [0, 0.05) is 18.4 Å². The summed E-state index contributed by atoms with van der Waals surface area (Å²) in [5.41, 5.74) is 0.935. The van der Waals surface area contributed by atoms with Gasteiger partial charge in [-0.15, -0.1) is 0 Å². The Morgan fingerprint density at radius 2 is 1.85 bits per heavy atom. The Labute approximate surface area is 159 Å². The number of rotatable bonds is 5. The number of benzene rings is 1. The molecule has 8 heteroatoms. The van der Waals surface area contributed by atoms with Gasteiger partial charge >= 0.3 is 0 Å². The van der Waals surface area contributed by atoms with Crippen LogP contribution in [-0.2, 0) is 19.6 Å². The molecule has 0 spiro atoms. The van der Waals surface area contributed by atoms with Gasteiger partial charge in [0.1, 0.15) is 6.04 Å². The first-order valence-electron chi connectivity index (χ1n) is 9.24. The smallest absolute Gasteiger partial charge is 0.264 e. The lowest BCUT2D eigenvalue weighted by atomic mass is 9.95. The molecule has 2 amide bonds. The molecule has 0 unspecified atom stereocenters. The van der Waals surface area contributed by atoms with Gasteiger partial charge in [0.25, 0.3) is 10.0 Å². The number of carbonyl (C=O) groups is 2. The number of hydrogen-bond acceptors (Lipinski definition) is 4. The van der Waals surface area contributed by atoms with Gasteiger partial charge in [-0.3, -0.25) is 13.9 Å². The zero-order valence-electron chi connectivity index (χ0n) is 15.3. The molecule has 0 aromatic heterocycles. The summed E-state index contributed by atoms with van der Waals surface area (Å²) in [4.78, 5) is 24.8. The van der Waals surface area contributed by atoms with Gasteiger partial charge in [-0.25, -0.2) is 8.42 Å². The molecule has 1 aromatic carbocycles. The fraction of sp³-hybridized carbons (Fsp3) is 0.474. The molecule has 1 fully saturated rings. The van der Waals surface area contributed by atoms with E-state index in [1.165, 1.54) is 31.0 Å². The number of amides is 2. The quantitative estimate of drug-likeness (QED) is 0.800. The third-order valence-electron chi connectivity index (χ3n) is 5.00. The Hall–Kier alpha value is -2.35. The lowest BCUT2D eigenvalue weighted by Gasteiger charge is -2.32. The van der Waals surface area contributed by atoms with E-state index in [2.05, 4.69) is 10.6 Å². The summed E-state index contributed by atoms with van der Waals surface area (Å²) in [5.74, 6) is -0.812. The van der Waals surface area contributed by atoms with Crippen molar-refractivity contribution in [3.8, 4) is 0 Å². The number of carbonyl (C=O) groups excluding carboxylic acids is 2. The fourth-order valence-electron chi connectivity index (χ4n) is 3.48. The second-order valence-electron chi connectivity index (χ2n) is 7.09. The zero-order valence-corrected chi connectivity index (χ0v) is 16.2. The van der Waals surface area contributed by atoms with Gasteiger partial charge in [0.05, 0.1) is 11.3 Å². The maximum Gasteiger partial charge on any atom is 0.264 e. The molecule has 1 aromatic rings. The second-order valence-corrected chi connectivity index (χ2v) is 8.94. The Morgan fingerprint density at radius 3 is 2.52 bits per heavy atom. The van der Waals surface area contributed by atoms with Crippen molar-refractivity contribution in [1.82, 2.24) is 14.9 Å². The summed E-state index contributed by atoms with van der Waals surface area (Å²) in [6.45, 7) is 1.86. The molecule has 27 heavy (non-hydrogen) atoms. The first-order valence-corrected chi connectivity index (χ1v) is 10.7. The van der Waals surface area contributed by atoms with Gasteiger partial charge < -0.3 is 10.6 Å². The third-order valence-corrected chi connectivity index (χ3v) is 6.80. The monoisotopic (exact) mass is 391 g/mol. The molecule has 146 valence electrons. The standard InChI is InChI=1S/C19H25N3O4S/c1-14-7-9-16(10-8-14)27(25,26)22-12-11-20-19(24)17(22)13-18(23)21-15-5-3-2-4-6-15/h7-12,15,17H,2-6,13H2,1H3,(H,20,24)(H,21,23)/t17-/m1/s1. The first kappa shape index (κ1) is 19.4. The van der Waals surface area contributed by atoms with Gasteiger partial charge in [-0.05, 0) is 31.9 Å². The van der Waals surface area contributed by atoms with Crippen LogP contribution in [0.15, 0.2) is 41.6 Å². The van der Waals surface area contributed by atoms with Crippen LogP contribution in [0.4, 0.5) is 0 Å². The molecule has 0 bridgehead atoms. The van der Waals surface area contributed by atoms with Crippen molar-refractivity contribution in [2.24, 2.45) is 0 Å². The Balaban J connectivity index is 1.77. The van der Waals surface area contributed by atoms with E-state index in [0.29, 0.717) is 0 Å². The van der Waals surface area contributed by atoms with Gasteiger partial charge in [-0.2, -0.15) is 0 Å². The van der Waals surface area contributed by atoms with Crippen LogP contribution in [-0.4, -0.2) is 36.6 Å². The number of hydrogen-bond donors (Lipinski definition) is 2. The third kappa shape index (κ3) is 4.50. The van der Waals surface area contributed by atoms with Crippen LogP contribution in [0, 0.1) is 6.92 Å². The minimum atomic E-state index is -3.93. The zero-order chi connectivity index (χ0) is 19.4. The Morgan fingerprint density at radius 1 is 1.19 bits per heavy atom. The maximum absolute atomic E-state index is 13.0. The minimum Gasteiger partial charge on any atom is -0.353 e. The van der Waals surface area contributed by atoms with Gasteiger partial charge in [0.15, 0.2) is 0 Å². The van der Waals surface area contributed by atoms with E-state index in [4.69, 9.17) is 0 Å². The first-order chi connectivity index (χ1) is 12.9. The minimum absolute atomic E-state index is 0.0881. The van der Waals surface area contributed by atoms with E-state index in [1.807, 2.05) is 6.92 Å². The van der Waals surface area contributed by atoms with Crippen molar-refractivity contribution in [3.63, 3.8) is 0 Å². The fourth-order valence-corrected chi connectivity index (χ4v) is 4.93. The molecule has 1 atom stereocenters. The van der Waals surface area contributed by atoms with Crippen molar-refractivity contribution in [1.29, 1.82) is 0 Å². The molecule has 2 N–H and O–H groups in total. The topological polar surface area (TPSA) is 95.6 Å². The molecule has 1 aliphatic carbocycles. The largest absolute Gasteiger partial charge is 0.353 e. The highest BCUT2D eigenvalue weighted by molar-refractivity contribution is 7.89. The van der Waals surface area contributed by atoms with Gasteiger partial charge in [0.2, 0.25) is 11.8 Å². The Bertz CT molecular complexity index is 827. The van der Waals surface area contributed by atoms with Crippen LogP contribution < -0.4 is 10.6 Å². The number of nitrogens with one attached hydrogen (secondary N) is 2. The lowest BCUT2D eigenvalue weighted by molar-refractivity contribution is -0.129. The molecule has 7 nitrogen and oxygen atoms in total. The molecule has 2 aliphatic rings. The number of sulfonamides is 1. The van der Waals surface area contributed by atoms with Gasteiger partial charge in [-0.1, -0.05) is 37.0 Å².